The van der Waals surface area contributed by atoms with Gasteiger partial charge >= 0.3 is 6.18 Å². The average Bonchev–Trinajstić information content (AvgIpc) is 2.01. The Bertz CT molecular complexity index is 334. The van der Waals surface area contributed by atoms with Crippen molar-refractivity contribution < 1.29 is 22.4 Å². The van der Waals surface area contributed by atoms with Crippen LogP contribution in [0.1, 0.15) is 15.9 Å². The fraction of sp³-hybridized carbons (Fsp3) is 0.143. The van der Waals surface area contributed by atoms with E-state index in [1.807, 2.05) is 0 Å². The lowest BCUT2D eigenvalue weighted by Crippen LogP contribution is -2.13. The number of aldehydes is 1. The average molecular weight is 193 g/mol. The number of carbonyl (C=O) groups excluding carboxylic acids is 1. The van der Waals surface area contributed by atoms with Gasteiger partial charge in [0.2, 0.25) is 5.95 Å². The van der Waals surface area contributed by atoms with Gasteiger partial charge in [0.1, 0.15) is 5.56 Å². The topological polar surface area (TPSA) is 30.0 Å². The van der Waals surface area contributed by atoms with Crippen molar-refractivity contribution in [3.63, 3.8) is 0 Å². The summed E-state index contributed by atoms with van der Waals surface area (Å²) < 4.78 is 48.7. The van der Waals surface area contributed by atoms with E-state index in [-0.39, 0.29) is 6.29 Å². The van der Waals surface area contributed by atoms with E-state index in [0.29, 0.717) is 0 Å². The first-order chi connectivity index (χ1) is 5.96. The molecule has 0 aromatic carbocycles. The molecule has 1 aromatic rings. The highest BCUT2D eigenvalue weighted by atomic mass is 19.4. The van der Waals surface area contributed by atoms with E-state index in [1.165, 1.54) is 0 Å². The van der Waals surface area contributed by atoms with E-state index < -0.39 is 23.3 Å². The minimum absolute atomic E-state index is 0.0619. The number of alkyl halides is 3. The van der Waals surface area contributed by atoms with E-state index in [2.05, 4.69) is 4.98 Å². The summed E-state index contributed by atoms with van der Waals surface area (Å²) in [4.78, 5) is 12.9. The molecular weight excluding hydrogens is 190 g/mol. The Labute approximate surface area is 70.2 Å². The highest BCUT2D eigenvalue weighted by Crippen LogP contribution is 2.32. The van der Waals surface area contributed by atoms with Gasteiger partial charge in [0.05, 0.1) is 0 Å². The predicted molar refractivity (Wildman–Crippen MR) is 34.6 cm³/mol. The molecule has 0 aliphatic heterocycles. The first-order valence-electron chi connectivity index (χ1n) is 3.13. The molecule has 0 aliphatic rings. The van der Waals surface area contributed by atoms with Crippen LogP contribution >= 0.6 is 0 Å². The zero-order valence-electron chi connectivity index (χ0n) is 6.10. The summed E-state index contributed by atoms with van der Waals surface area (Å²) in [5.41, 5.74) is -2.37. The van der Waals surface area contributed by atoms with Gasteiger partial charge in [0.15, 0.2) is 6.29 Å². The van der Waals surface area contributed by atoms with Crippen LogP contribution in [0.3, 0.4) is 0 Å². The standard InChI is InChI=1S/C7H3F4NO/c8-6-5(7(9,10)11)4(3-13)1-2-12-6/h1-3H. The Morgan fingerprint density at radius 3 is 2.38 bits per heavy atom. The Morgan fingerprint density at radius 1 is 1.38 bits per heavy atom. The number of hydrogen-bond donors (Lipinski definition) is 0. The second-order valence-corrected chi connectivity index (χ2v) is 2.18. The Kier molecular flexibility index (Phi) is 2.31. The minimum atomic E-state index is -4.89. The fourth-order valence-corrected chi connectivity index (χ4v) is 0.829. The molecule has 0 fully saturated rings. The van der Waals surface area contributed by atoms with E-state index in [9.17, 15) is 22.4 Å². The minimum Gasteiger partial charge on any atom is -0.298 e. The first-order valence-corrected chi connectivity index (χ1v) is 3.13. The number of halogens is 4. The number of aromatic nitrogens is 1. The highest BCUT2D eigenvalue weighted by molar-refractivity contribution is 5.77. The van der Waals surface area contributed by atoms with Crippen molar-refractivity contribution >= 4 is 6.29 Å². The monoisotopic (exact) mass is 193 g/mol. The van der Waals surface area contributed by atoms with Crippen LogP contribution in [0.4, 0.5) is 17.6 Å². The van der Waals surface area contributed by atoms with Gasteiger partial charge in [0, 0.05) is 11.8 Å². The lowest BCUT2D eigenvalue weighted by Gasteiger charge is -2.08. The van der Waals surface area contributed by atoms with Gasteiger partial charge < -0.3 is 0 Å². The second kappa shape index (κ2) is 3.12. The van der Waals surface area contributed by atoms with Crippen molar-refractivity contribution in [2.75, 3.05) is 0 Å². The smallest absolute Gasteiger partial charge is 0.298 e. The van der Waals surface area contributed by atoms with Gasteiger partial charge in [0.25, 0.3) is 0 Å². The predicted octanol–water partition coefficient (Wildman–Crippen LogP) is 2.05. The maximum Gasteiger partial charge on any atom is 0.421 e. The van der Waals surface area contributed by atoms with Gasteiger partial charge in [-0.15, -0.1) is 0 Å². The lowest BCUT2D eigenvalue weighted by molar-refractivity contribution is -0.140. The lowest BCUT2D eigenvalue weighted by atomic mass is 10.1. The van der Waals surface area contributed by atoms with Crippen LogP contribution < -0.4 is 0 Å². The normalized spacial score (nSPS) is 11.4. The summed E-state index contributed by atoms with van der Waals surface area (Å²) in [6.45, 7) is 0. The molecule has 0 radical (unpaired) electrons. The molecule has 0 N–H and O–H groups in total. The molecule has 0 spiro atoms. The van der Waals surface area contributed by atoms with Gasteiger partial charge in [-0.1, -0.05) is 0 Å². The quantitative estimate of drug-likeness (QED) is 0.388. The van der Waals surface area contributed by atoms with Crippen LogP contribution in [0.15, 0.2) is 12.3 Å². The van der Waals surface area contributed by atoms with E-state index >= 15 is 0 Å². The molecule has 6 heteroatoms. The number of nitrogens with zero attached hydrogens (tertiary/aromatic N) is 1. The zero-order chi connectivity index (χ0) is 10.1. The summed E-state index contributed by atoms with van der Waals surface area (Å²) >= 11 is 0. The van der Waals surface area contributed by atoms with Crippen molar-refractivity contribution in [3.8, 4) is 0 Å². The third-order valence-corrected chi connectivity index (χ3v) is 1.35. The summed E-state index contributed by atoms with van der Waals surface area (Å²) in [5.74, 6) is -1.68. The first kappa shape index (κ1) is 9.63. The van der Waals surface area contributed by atoms with E-state index in [1.54, 1.807) is 0 Å². The maximum atomic E-state index is 12.5. The van der Waals surface area contributed by atoms with Crippen LogP contribution in [0, 0.1) is 5.95 Å². The zero-order valence-corrected chi connectivity index (χ0v) is 6.10. The van der Waals surface area contributed by atoms with Crippen molar-refractivity contribution in [2.24, 2.45) is 0 Å². The van der Waals surface area contributed by atoms with Crippen molar-refractivity contribution in [1.82, 2.24) is 4.98 Å². The van der Waals surface area contributed by atoms with Crippen LogP contribution in [-0.4, -0.2) is 11.3 Å². The Hall–Kier alpha value is -1.46. The second-order valence-electron chi connectivity index (χ2n) is 2.18. The van der Waals surface area contributed by atoms with Gasteiger partial charge in [-0.3, -0.25) is 4.79 Å². The summed E-state index contributed by atoms with van der Waals surface area (Å²) in [6.07, 6.45) is -4.16. The Balaban J connectivity index is 3.40. The van der Waals surface area contributed by atoms with Crippen LogP contribution in [0.2, 0.25) is 0 Å². The number of rotatable bonds is 1. The number of carbonyl (C=O) groups is 1. The van der Waals surface area contributed by atoms with Crippen molar-refractivity contribution in [2.45, 2.75) is 6.18 Å². The maximum absolute atomic E-state index is 12.5. The summed E-state index contributed by atoms with van der Waals surface area (Å²) in [5, 5.41) is 0. The van der Waals surface area contributed by atoms with Gasteiger partial charge in [-0.25, -0.2) is 4.98 Å². The molecule has 0 amide bonds. The van der Waals surface area contributed by atoms with Crippen molar-refractivity contribution in [1.29, 1.82) is 0 Å². The number of pyridine rings is 1. The Morgan fingerprint density at radius 2 is 2.00 bits per heavy atom. The SMILES string of the molecule is O=Cc1ccnc(F)c1C(F)(F)F. The molecule has 1 aromatic heterocycles. The molecule has 70 valence electrons. The third-order valence-electron chi connectivity index (χ3n) is 1.35. The molecule has 13 heavy (non-hydrogen) atoms. The summed E-state index contributed by atoms with van der Waals surface area (Å²) in [7, 11) is 0. The molecule has 0 bridgehead atoms. The molecular formula is C7H3F4NO. The molecule has 0 saturated heterocycles. The third kappa shape index (κ3) is 1.82. The van der Waals surface area contributed by atoms with Crippen molar-refractivity contribution in [3.05, 3.63) is 29.3 Å². The fourth-order valence-electron chi connectivity index (χ4n) is 0.829. The highest BCUT2D eigenvalue weighted by Gasteiger charge is 2.37. The molecule has 0 unspecified atom stereocenters. The molecule has 0 saturated carbocycles. The number of hydrogen-bond acceptors (Lipinski definition) is 2. The molecule has 2 nitrogen and oxygen atoms in total. The molecule has 1 rings (SSSR count). The van der Waals surface area contributed by atoms with Gasteiger partial charge in [-0.05, 0) is 6.07 Å². The molecule has 0 aliphatic carbocycles. The molecule has 0 atom stereocenters. The van der Waals surface area contributed by atoms with E-state index in [4.69, 9.17) is 0 Å². The van der Waals surface area contributed by atoms with Crippen LogP contribution in [0.5, 0.6) is 0 Å². The largest absolute Gasteiger partial charge is 0.421 e. The van der Waals surface area contributed by atoms with Crippen LogP contribution in [-0.2, 0) is 6.18 Å². The van der Waals surface area contributed by atoms with Crippen LogP contribution in [0.25, 0.3) is 0 Å². The summed E-state index contributed by atoms with van der Waals surface area (Å²) in [6, 6.07) is 0.804. The van der Waals surface area contributed by atoms with Gasteiger partial charge in [-0.2, -0.15) is 17.6 Å². The van der Waals surface area contributed by atoms with E-state index in [0.717, 1.165) is 12.3 Å². The molecule has 1 heterocycles.